The molecule has 3 aromatic rings. The van der Waals surface area contributed by atoms with Crippen LogP contribution in [-0.2, 0) is 22.1 Å². The fraction of sp³-hybridized carbons (Fsp3) is 0.333. The highest BCUT2D eigenvalue weighted by atomic mass is 32.2. The Kier molecular flexibility index (Phi) is 7.17. The molecule has 0 aliphatic heterocycles. The topological polar surface area (TPSA) is 102 Å². The second-order valence-corrected chi connectivity index (χ2v) is 10.6. The molecule has 36 heavy (non-hydrogen) atoms. The van der Waals surface area contributed by atoms with E-state index in [-0.39, 0.29) is 23.5 Å². The summed E-state index contributed by atoms with van der Waals surface area (Å²) in [5.41, 5.74) is -3.68. The second-order valence-electron chi connectivity index (χ2n) is 8.07. The van der Waals surface area contributed by atoms with Crippen LogP contribution >= 0.6 is 0 Å². The molecule has 1 amide bonds. The number of hydrogen-bond acceptors (Lipinski definition) is 6. The Morgan fingerprint density at radius 2 is 1.64 bits per heavy atom. The fourth-order valence-electron chi connectivity index (χ4n) is 3.12. The van der Waals surface area contributed by atoms with Crippen molar-refractivity contribution >= 4 is 21.3 Å². The molecule has 8 nitrogen and oxygen atoms in total. The molecular weight excluding hydrogens is 514 g/mol. The van der Waals surface area contributed by atoms with E-state index in [1.54, 1.807) is 6.92 Å². The first kappa shape index (κ1) is 27.1. The number of carbonyl (C=O) groups is 1. The predicted octanol–water partition coefficient (Wildman–Crippen LogP) is 4.86. The number of halogens is 6. The number of amides is 1. The van der Waals surface area contributed by atoms with Crippen molar-refractivity contribution < 1.29 is 35.3 Å². The van der Waals surface area contributed by atoms with Gasteiger partial charge in [-0.1, -0.05) is 0 Å². The van der Waals surface area contributed by atoms with Gasteiger partial charge in [-0.2, -0.15) is 35.4 Å². The van der Waals surface area contributed by atoms with E-state index in [1.807, 2.05) is 0 Å². The highest BCUT2D eigenvalue weighted by Gasteiger charge is 2.37. The lowest BCUT2D eigenvalue weighted by Crippen LogP contribution is -2.29. The Labute approximate surface area is 201 Å². The highest BCUT2D eigenvalue weighted by Crippen LogP contribution is 2.36. The molecule has 3 rings (SSSR count). The summed E-state index contributed by atoms with van der Waals surface area (Å²) in [7, 11) is -2.42. The van der Waals surface area contributed by atoms with Crippen LogP contribution in [0.5, 0.6) is 0 Å². The molecule has 1 atom stereocenters. The molecule has 0 saturated carbocycles. The van der Waals surface area contributed by atoms with Gasteiger partial charge in [0, 0.05) is 27.8 Å². The number of hydrogen-bond donors (Lipinski definition) is 1. The number of alkyl halides is 6. The van der Waals surface area contributed by atoms with E-state index in [0.29, 0.717) is 17.8 Å². The smallest absolute Gasteiger partial charge is 0.342 e. The van der Waals surface area contributed by atoms with Crippen molar-refractivity contribution in [1.29, 1.82) is 0 Å². The summed E-state index contributed by atoms with van der Waals surface area (Å²) in [6, 6.07) is 2.67. The molecule has 0 bridgehead atoms. The number of rotatable bonds is 5. The van der Waals surface area contributed by atoms with Crippen molar-refractivity contribution in [3.63, 3.8) is 0 Å². The lowest BCUT2D eigenvalue weighted by molar-refractivity contribution is -0.143. The molecule has 0 spiro atoms. The average molecular weight is 534 g/mol. The highest BCUT2D eigenvalue weighted by molar-refractivity contribution is 7.92. The maximum absolute atomic E-state index is 13.1. The largest absolute Gasteiger partial charge is 0.416 e. The van der Waals surface area contributed by atoms with Gasteiger partial charge in [-0.15, -0.1) is 5.10 Å². The summed E-state index contributed by atoms with van der Waals surface area (Å²) in [6.45, 7) is 2.98. The van der Waals surface area contributed by atoms with Crippen LogP contribution in [0.15, 0.2) is 40.9 Å². The summed E-state index contributed by atoms with van der Waals surface area (Å²) in [5, 5.41) is 6.54. The third kappa shape index (κ3) is 6.59. The quantitative estimate of drug-likeness (QED) is 0.471. The zero-order valence-corrected chi connectivity index (χ0v) is 20.1. The molecule has 2 heterocycles. The lowest BCUT2D eigenvalue weighted by Gasteiger charge is -2.17. The van der Waals surface area contributed by atoms with E-state index in [0.717, 1.165) is 0 Å². The number of aryl methyl sites for hydroxylation is 1. The van der Waals surface area contributed by atoms with Crippen molar-refractivity contribution in [2.45, 2.75) is 32.2 Å². The zero-order valence-electron chi connectivity index (χ0n) is 19.3. The van der Waals surface area contributed by atoms with Crippen molar-refractivity contribution in [1.82, 2.24) is 25.1 Å². The van der Waals surface area contributed by atoms with E-state index < -0.39 is 50.7 Å². The van der Waals surface area contributed by atoms with Gasteiger partial charge < -0.3 is 5.32 Å². The molecule has 1 N–H and O–H groups in total. The van der Waals surface area contributed by atoms with Crippen LogP contribution in [0.3, 0.4) is 0 Å². The maximum Gasteiger partial charge on any atom is 0.416 e. The van der Waals surface area contributed by atoms with Crippen LogP contribution in [0.25, 0.3) is 5.82 Å². The minimum atomic E-state index is -5.09. The first-order valence-corrected chi connectivity index (χ1v) is 12.4. The molecule has 0 fully saturated rings. The molecule has 0 aliphatic rings. The van der Waals surface area contributed by atoms with Gasteiger partial charge in [0.25, 0.3) is 5.91 Å². The first-order chi connectivity index (χ1) is 16.4. The van der Waals surface area contributed by atoms with Crippen LogP contribution in [0.1, 0.15) is 46.1 Å². The van der Waals surface area contributed by atoms with Gasteiger partial charge in [0.15, 0.2) is 11.6 Å². The molecule has 15 heteroatoms. The van der Waals surface area contributed by atoms with Crippen molar-refractivity contribution in [3.05, 3.63) is 64.9 Å². The molecular formula is C21H20F6N6O2S. The van der Waals surface area contributed by atoms with E-state index in [4.69, 9.17) is 0 Å². The number of aromatic nitrogens is 4. The lowest BCUT2D eigenvalue weighted by atomic mass is 10.0. The minimum absolute atomic E-state index is 0.0583. The van der Waals surface area contributed by atoms with Crippen molar-refractivity contribution in [2.75, 3.05) is 12.5 Å². The van der Waals surface area contributed by atoms with E-state index in [2.05, 4.69) is 24.7 Å². The van der Waals surface area contributed by atoms with Crippen LogP contribution < -0.4 is 5.32 Å². The summed E-state index contributed by atoms with van der Waals surface area (Å²) in [4.78, 5) is 21.0. The first-order valence-electron chi connectivity index (χ1n) is 10.1. The van der Waals surface area contributed by atoms with Gasteiger partial charge in [-0.05, 0) is 44.2 Å². The summed E-state index contributed by atoms with van der Waals surface area (Å²) in [5.74, 6) is -0.544. The minimum Gasteiger partial charge on any atom is -0.342 e. The third-order valence-electron chi connectivity index (χ3n) is 4.60. The Bertz CT molecular complexity index is 1370. The Hall–Kier alpha value is -3.49. The average Bonchev–Trinajstić information content (AvgIpc) is 3.13. The Balaban J connectivity index is 1.93. The molecule has 0 aliphatic carbocycles. The van der Waals surface area contributed by atoms with Gasteiger partial charge >= 0.3 is 12.4 Å². The van der Waals surface area contributed by atoms with Crippen LogP contribution in [0.4, 0.5) is 32.0 Å². The molecule has 0 radical (unpaired) electrons. The monoisotopic (exact) mass is 534 g/mol. The number of nitrogens with zero attached hydrogens (tertiary/aromatic N) is 5. The van der Waals surface area contributed by atoms with Crippen LogP contribution in [0, 0.1) is 6.92 Å². The van der Waals surface area contributed by atoms with E-state index >= 15 is 0 Å². The molecule has 0 unspecified atom stereocenters. The van der Waals surface area contributed by atoms with E-state index in [9.17, 15) is 35.3 Å². The van der Waals surface area contributed by atoms with Crippen LogP contribution in [0.2, 0.25) is 0 Å². The zero-order chi connectivity index (χ0) is 27.1. The standard InChI is InChI=1S/C21H20F6N6O2S/c1-11(29-19(34)13-7-14(20(22,23)24)9-15(8-13)21(25,26)27)18-30-12(2)31-33(18)17-6-5-16(10-28-17)32-36(3,4)35/h5-11H,1-4H3,(H,29,34)/t11-/m0/s1. The van der Waals surface area contributed by atoms with E-state index in [1.165, 1.54) is 42.4 Å². The fourth-order valence-corrected chi connectivity index (χ4v) is 3.74. The number of benzene rings is 1. The summed E-state index contributed by atoms with van der Waals surface area (Å²) < 4.78 is 95.9. The number of nitrogens with one attached hydrogen (secondary N) is 1. The van der Waals surface area contributed by atoms with Crippen molar-refractivity contribution in [2.24, 2.45) is 4.36 Å². The van der Waals surface area contributed by atoms with Gasteiger partial charge in [-0.3, -0.25) is 4.79 Å². The number of pyridine rings is 1. The summed E-state index contributed by atoms with van der Waals surface area (Å²) in [6.07, 6.45) is -5.94. The Morgan fingerprint density at radius 1 is 1.06 bits per heavy atom. The van der Waals surface area contributed by atoms with Gasteiger partial charge in [0.1, 0.15) is 5.82 Å². The summed E-state index contributed by atoms with van der Waals surface area (Å²) >= 11 is 0. The SMILES string of the molecule is Cc1nc([C@H](C)NC(=O)c2cc(C(F)(F)F)cc(C(F)(F)F)c2)n(-c2ccc(N=S(C)(C)=O)cn2)n1. The second kappa shape index (κ2) is 9.52. The number of carbonyl (C=O) groups excluding carboxylic acids is 1. The van der Waals surface area contributed by atoms with Gasteiger partial charge in [0.2, 0.25) is 0 Å². The maximum atomic E-state index is 13.1. The normalized spacial score (nSPS) is 13.4. The Morgan fingerprint density at radius 3 is 2.11 bits per heavy atom. The third-order valence-corrected chi connectivity index (χ3v) is 5.25. The molecule has 0 saturated heterocycles. The van der Waals surface area contributed by atoms with Crippen molar-refractivity contribution in [3.8, 4) is 5.82 Å². The molecule has 194 valence electrons. The molecule has 1 aromatic carbocycles. The van der Waals surface area contributed by atoms with Gasteiger partial charge in [0.05, 0.1) is 29.1 Å². The molecule has 2 aromatic heterocycles. The van der Waals surface area contributed by atoms with Gasteiger partial charge in [-0.25, -0.2) is 14.2 Å². The predicted molar refractivity (Wildman–Crippen MR) is 118 cm³/mol. The van der Waals surface area contributed by atoms with Crippen LogP contribution in [-0.4, -0.2) is 42.4 Å².